The van der Waals surface area contributed by atoms with E-state index in [2.05, 4.69) is 36.3 Å². The van der Waals surface area contributed by atoms with E-state index in [0.717, 1.165) is 25.3 Å². The maximum atomic E-state index is 5.45. The van der Waals surface area contributed by atoms with E-state index in [-0.39, 0.29) is 0 Å². The number of aromatic nitrogens is 2. The Bertz CT molecular complexity index is 258. The Morgan fingerprint density at radius 3 is 2.64 bits per heavy atom. The van der Waals surface area contributed by atoms with Gasteiger partial charge in [0.2, 0.25) is 11.8 Å². The summed E-state index contributed by atoms with van der Waals surface area (Å²) < 4.78 is 5.45. The first-order valence-corrected chi connectivity index (χ1v) is 5.24. The van der Waals surface area contributed by atoms with Crippen LogP contribution in [-0.4, -0.2) is 16.7 Å². The van der Waals surface area contributed by atoms with Crippen molar-refractivity contribution >= 4 is 0 Å². The van der Waals surface area contributed by atoms with E-state index < -0.39 is 0 Å². The van der Waals surface area contributed by atoms with Gasteiger partial charge in [-0.05, 0) is 18.9 Å². The molecule has 0 saturated carbocycles. The van der Waals surface area contributed by atoms with Crippen LogP contribution in [0.3, 0.4) is 0 Å². The Morgan fingerprint density at radius 2 is 2.00 bits per heavy atom. The molecule has 0 unspecified atom stereocenters. The molecule has 0 fully saturated rings. The number of hydrogen-bond donors (Lipinski definition) is 1. The number of nitrogens with one attached hydrogen (secondary N) is 1. The summed E-state index contributed by atoms with van der Waals surface area (Å²) in [6, 6.07) is 0. The lowest BCUT2D eigenvalue weighted by atomic mass is 10.1. The first-order chi connectivity index (χ1) is 6.72. The molecule has 0 saturated heterocycles. The van der Waals surface area contributed by atoms with Crippen LogP contribution in [0.1, 0.15) is 39.0 Å². The van der Waals surface area contributed by atoms with Crippen molar-refractivity contribution < 1.29 is 4.42 Å². The van der Waals surface area contributed by atoms with Gasteiger partial charge in [0.1, 0.15) is 0 Å². The average Bonchev–Trinajstić information content (AvgIpc) is 2.59. The molecule has 4 nitrogen and oxygen atoms in total. The van der Waals surface area contributed by atoms with Crippen molar-refractivity contribution in [3.05, 3.63) is 11.8 Å². The Hall–Kier alpha value is -0.900. The molecule has 0 spiro atoms. The molecule has 0 aliphatic carbocycles. The van der Waals surface area contributed by atoms with Gasteiger partial charge in [-0.3, -0.25) is 0 Å². The molecule has 0 aliphatic rings. The molecule has 0 aromatic carbocycles. The van der Waals surface area contributed by atoms with Gasteiger partial charge < -0.3 is 9.73 Å². The highest BCUT2D eigenvalue weighted by Gasteiger charge is 2.05. The normalized spacial score (nSPS) is 11.1. The molecule has 14 heavy (non-hydrogen) atoms. The van der Waals surface area contributed by atoms with Crippen LogP contribution in [0.4, 0.5) is 0 Å². The van der Waals surface area contributed by atoms with Gasteiger partial charge in [0.25, 0.3) is 0 Å². The Kier molecular flexibility index (Phi) is 4.59. The fourth-order valence-electron chi connectivity index (χ4n) is 1.10. The van der Waals surface area contributed by atoms with Crippen molar-refractivity contribution in [3.63, 3.8) is 0 Å². The van der Waals surface area contributed by atoms with E-state index in [1.165, 1.54) is 0 Å². The van der Waals surface area contributed by atoms with E-state index in [9.17, 15) is 0 Å². The summed E-state index contributed by atoms with van der Waals surface area (Å²) in [7, 11) is 0. The summed E-state index contributed by atoms with van der Waals surface area (Å²) in [5.41, 5.74) is 0. The first kappa shape index (κ1) is 11.2. The van der Waals surface area contributed by atoms with Gasteiger partial charge in [-0.1, -0.05) is 20.8 Å². The second kappa shape index (κ2) is 5.75. The highest BCUT2D eigenvalue weighted by Crippen LogP contribution is 2.07. The topological polar surface area (TPSA) is 51.0 Å². The van der Waals surface area contributed by atoms with Crippen molar-refractivity contribution in [2.45, 2.75) is 40.2 Å². The van der Waals surface area contributed by atoms with Crippen molar-refractivity contribution in [3.8, 4) is 0 Å². The van der Waals surface area contributed by atoms with Gasteiger partial charge >= 0.3 is 0 Å². The van der Waals surface area contributed by atoms with Gasteiger partial charge in [-0.2, -0.15) is 0 Å². The molecule has 1 aromatic rings. The zero-order chi connectivity index (χ0) is 10.4. The quantitative estimate of drug-likeness (QED) is 0.755. The molecule has 0 bridgehead atoms. The zero-order valence-corrected chi connectivity index (χ0v) is 9.21. The van der Waals surface area contributed by atoms with Crippen molar-refractivity contribution in [1.29, 1.82) is 0 Å². The van der Waals surface area contributed by atoms with E-state index in [1.807, 2.05) is 0 Å². The van der Waals surface area contributed by atoms with Gasteiger partial charge in [0, 0.05) is 6.42 Å². The lowest BCUT2D eigenvalue weighted by Gasteiger charge is -1.99. The molecule has 1 aromatic heterocycles. The monoisotopic (exact) mass is 197 g/mol. The van der Waals surface area contributed by atoms with Crippen LogP contribution < -0.4 is 5.32 Å². The van der Waals surface area contributed by atoms with Crippen LogP contribution in [0.2, 0.25) is 0 Å². The molecular formula is C10H19N3O. The molecule has 1 N–H and O–H groups in total. The first-order valence-electron chi connectivity index (χ1n) is 5.24. The molecule has 4 heteroatoms. The van der Waals surface area contributed by atoms with Crippen LogP contribution in [0.5, 0.6) is 0 Å². The van der Waals surface area contributed by atoms with Crippen LogP contribution in [-0.2, 0) is 13.0 Å². The largest absolute Gasteiger partial charge is 0.424 e. The summed E-state index contributed by atoms with van der Waals surface area (Å²) in [5, 5.41) is 11.1. The number of hydrogen-bond acceptors (Lipinski definition) is 4. The van der Waals surface area contributed by atoms with Crippen molar-refractivity contribution in [2.24, 2.45) is 5.92 Å². The van der Waals surface area contributed by atoms with Crippen LogP contribution in [0.15, 0.2) is 4.42 Å². The van der Waals surface area contributed by atoms with E-state index in [0.29, 0.717) is 18.4 Å². The number of aryl methyl sites for hydroxylation is 1. The minimum absolute atomic E-state index is 0.672. The smallest absolute Gasteiger partial charge is 0.230 e. The molecule has 1 heterocycles. The fraction of sp³-hybridized carbons (Fsp3) is 0.800. The minimum atomic E-state index is 0.672. The minimum Gasteiger partial charge on any atom is -0.424 e. The van der Waals surface area contributed by atoms with Crippen LogP contribution in [0, 0.1) is 5.92 Å². The molecule has 0 amide bonds. The predicted molar refractivity (Wildman–Crippen MR) is 54.8 cm³/mol. The van der Waals surface area contributed by atoms with Crippen LogP contribution >= 0.6 is 0 Å². The molecule has 0 radical (unpaired) electrons. The highest BCUT2D eigenvalue weighted by atomic mass is 16.4. The summed E-state index contributed by atoms with van der Waals surface area (Å²) in [4.78, 5) is 0. The summed E-state index contributed by atoms with van der Waals surface area (Å²) >= 11 is 0. The SMILES string of the molecule is CCNCc1nnc(CCC(C)C)o1. The van der Waals surface area contributed by atoms with E-state index >= 15 is 0 Å². The molecule has 80 valence electrons. The summed E-state index contributed by atoms with van der Waals surface area (Å²) in [6.07, 6.45) is 1.99. The Morgan fingerprint density at radius 1 is 1.29 bits per heavy atom. The Balaban J connectivity index is 2.35. The van der Waals surface area contributed by atoms with Crippen molar-refractivity contribution in [1.82, 2.24) is 15.5 Å². The standard InChI is InChI=1S/C10H19N3O/c1-4-11-7-10-13-12-9(14-10)6-5-8(2)3/h8,11H,4-7H2,1-3H3. The maximum absolute atomic E-state index is 5.45. The Labute approximate surface area is 85.1 Å². The third-order valence-electron chi connectivity index (χ3n) is 1.97. The lowest BCUT2D eigenvalue weighted by Crippen LogP contribution is -2.11. The zero-order valence-electron chi connectivity index (χ0n) is 9.21. The van der Waals surface area contributed by atoms with Gasteiger partial charge in [-0.15, -0.1) is 10.2 Å². The van der Waals surface area contributed by atoms with Crippen molar-refractivity contribution in [2.75, 3.05) is 6.54 Å². The predicted octanol–water partition coefficient (Wildman–Crippen LogP) is 1.77. The average molecular weight is 197 g/mol. The number of nitrogens with zero attached hydrogens (tertiary/aromatic N) is 2. The third-order valence-corrected chi connectivity index (χ3v) is 1.97. The van der Waals surface area contributed by atoms with Gasteiger partial charge in [-0.25, -0.2) is 0 Å². The summed E-state index contributed by atoms with van der Waals surface area (Å²) in [6.45, 7) is 8.02. The molecule has 0 aliphatic heterocycles. The number of rotatable bonds is 6. The van der Waals surface area contributed by atoms with E-state index in [4.69, 9.17) is 4.42 Å². The molecule has 0 atom stereocenters. The summed E-state index contributed by atoms with van der Waals surface area (Å²) in [5.74, 6) is 2.12. The van der Waals surface area contributed by atoms with Gasteiger partial charge in [0.05, 0.1) is 6.54 Å². The van der Waals surface area contributed by atoms with Gasteiger partial charge in [0.15, 0.2) is 0 Å². The third kappa shape index (κ3) is 3.87. The molecular weight excluding hydrogens is 178 g/mol. The van der Waals surface area contributed by atoms with E-state index in [1.54, 1.807) is 0 Å². The second-order valence-electron chi connectivity index (χ2n) is 3.80. The van der Waals surface area contributed by atoms with Crippen LogP contribution in [0.25, 0.3) is 0 Å². The fourth-order valence-corrected chi connectivity index (χ4v) is 1.10. The lowest BCUT2D eigenvalue weighted by molar-refractivity contribution is 0.419. The second-order valence-corrected chi connectivity index (χ2v) is 3.80. The maximum Gasteiger partial charge on any atom is 0.230 e. The molecule has 1 rings (SSSR count). The highest BCUT2D eigenvalue weighted by molar-refractivity contribution is 4.81.